The van der Waals surface area contributed by atoms with Gasteiger partial charge in [-0.3, -0.25) is 15.0 Å². The van der Waals surface area contributed by atoms with E-state index in [1.807, 2.05) is 55.4 Å². The van der Waals surface area contributed by atoms with Gasteiger partial charge in [0.25, 0.3) is 0 Å². The van der Waals surface area contributed by atoms with Gasteiger partial charge in [-0.1, -0.05) is 54.6 Å². The van der Waals surface area contributed by atoms with Crippen molar-refractivity contribution in [3.05, 3.63) is 146 Å². The zero-order valence-electron chi connectivity index (χ0n) is 24.0. The summed E-state index contributed by atoms with van der Waals surface area (Å²) in [6, 6.07) is 38.7. The van der Waals surface area contributed by atoms with Crippen LogP contribution >= 0.6 is 0 Å². The van der Waals surface area contributed by atoms with Crippen molar-refractivity contribution in [2.24, 2.45) is 0 Å². The van der Waals surface area contributed by atoms with E-state index in [-0.39, 0.29) is 0 Å². The summed E-state index contributed by atoms with van der Waals surface area (Å²) in [5.74, 6) is 0. The Morgan fingerprint density at radius 2 is 0.644 bits per heavy atom. The van der Waals surface area contributed by atoms with E-state index in [1.54, 1.807) is 0 Å². The van der Waals surface area contributed by atoms with E-state index in [4.69, 9.17) is 0 Å². The van der Waals surface area contributed by atoms with Crippen LogP contribution in [0.2, 0.25) is 0 Å². The fourth-order valence-electron chi connectivity index (χ4n) is 7.41. The van der Waals surface area contributed by atoms with E-state index in [2.05, 4.69) is 120 Å². The number of aromatic nitrogens is 6. The third-order valence-corrected chi connectivity index (χ3v) is 9.05. The highest BCUT2D eigenvalue weighted by molar-refractivity contribution is 6.40. The summed E-state index contributed by atoms with van der Waals surface area (Å²) in [4.78, 5) is 13.7. The van der Waals surface area contributed by atoms with Crippen LogP contribution in [0.4, 0.5) is 0 Å². The molecule has 6 heterocycles. The molecule has 210 valence electrons. The Balaban J connectivity index is 1.63. The Bertz CT molecular complexity index is 2400. The summed E-state index contributed by atoms with van der Waals surface area (Å²) in [7, 11) is 0. The molecule has 4 aromatic carbocycles. The largest absolute Gasteiger partial charge is 0.307 e. The van der Waals surface area contributed by atoms with E-state index in [1.165, 1.54) is 32.3 Å². The second kappa shape index (κ2) is 9.11. The molecule has 0 saturated carbocycles. The van der Waals surface area contributed by atoms with E-state index in [0.29, 0.717) is 0 Å². The molecule has 0 atom stereocenters. The van der Waals surface area contributed by atoms with Gasteiger partial charge < -0.3 is 13.7 Å². The lowest BCUT2D eigenvalue weighted by molar-refractivity contribution is 1.13. The van der Waals surface area contributed by atoms with Gasteiger partial charge in [0.15, 0.2) is 0 Å². The van der Waals surface area contributed by atoms with E-state index in [9.17, 15) is 0 Å². The fraction of sp³-hybridized carbons (Fsp3) is 0. The number of rotatable bonds is 3. The van der Waals surface area contributed by atoms with Gasteiger partial charge in [-0.15, -0.1) is 0 Å². The first kappa shape index (κ1) is 24.2. The first-order valence-corrected chi connectivity index (χ1v) is 15.0. The third kappa shape index (κ3) is 3.20. The molecule has 0 bridgehead atoms. The number of para-hydroxylation sites is 3. The molecule has 0 spiro atoms. The molecule has 6 nitrogen and oxygen atoms in total. The molecule has 10 aromatic rings. The lowest BCUT2D eigenvalue weighted by Crippen LogP contribution is -1.98. The van der Waals surface area contributed by atoms with Crippen LogP contribution in [0.25, 0.3) is 82.5 Å². The molecule has 6 aromatic heterocycles. The maximum absolute atomic E-state index is 4.56. The molecule has 0 fully saturated rings. The van der Waals surface area contributed by atoms with Gasteiger partial charge in [-0.25, -0.2) is 0 Å². The molecule has 0 radical (unpaired) electrons. The lowest BCUT2D eigenvalue weighted by atomic mass is 10.0. The van der Waals surface area contributed by atoms with Gasteiger partial charge in [-0.05, 0) is 54.6 Å². The van der Waals surface area contributed by atoms with Crippen LogP contribution in [-0.4, -0.2) is 28.7 Å². The molecular formula is C39H24N6. The molecule has 0 aliphatic heterocycles. The van der Waals surface area contributed by atoms with Gasteiger partial charge in [0.2, 0.25) is 0 Å². The van der Waals surface area contributed by atoms with Gasteiger partial charge in [0, 0.05) is 50.9 Å². The molecule has 45 heavy (non-hydrogen) atoms. The van der Waals surface area contributed by atoms with Crippen LogP contribution < -0.4 is 0 Å². The Labute approximate surface area is 257 Å². The van der Waals surface area contributed by atoms with Crippen molar-refractivity contribution in [3.8, 4) is 17.1 Å². The average Bonchev–Trinajstić information content (AvgIpc) is 3.75. The number of fused-ring (bicyclic) bond motifs is 12. The van der Waals surface area contributed by atoms with Crippen molar-refractivity contribution < 1.29 is 0 Å². The van der Waals surface area contributed by atoms with Gasteiger partial charge >= 0.3 is 0 Å². The molecule has 0 unspecified atom stereocenters. The predicted molar refractivity (Wildman–Crippen MR) is 183 cm³/mol. The number of hydrogen-bond donors (Lipinski definition) is 0. The van der Waals surface area contributed by atoms with Crippen molar-refractivity contribution in [2.45, 2.75) is 0 Å². The second-order valence-corrected chi connectivity index (χ2v) is 11.4. The number of benzene rings is 4. The Morgan fingerprint density at radius 1 is 0.333 bits per heavy atom. The van der Waals surface area contributed by atoms with Crippen molar-refractivity contribution in [1.29, 1.82) is 0 Å². The van der Waals surface area contributed by atoms with Crippen LogP contribution in [0.1, 0.15) is 0 Å². The SMILES string of the molecule is c1cncc(-n2c3ccccc3c3c2c2c4ccccc4n(-c4cccnc4)c2c2c4ccccc4n(-c4cccnc4)c32)c1. The second-order valence-electron chi connectivity index (χ2n) is 11.4. The first-order chi connectivity index (χ1) is 22.4. The summed E-state index contributed by atoms with van der Waals surface area (Å²) < 4.78 is 7.18. The average molecular weight is 577 g/mol. The molecule has 0 saturated heterocycles. The van der Waals surface area contributed by atoms with Crippen molar-refractivity contribution >= 4 is 65.4 Å². The maximum atomic E-state index is 4.56. The smallest absolute Gasteiger partial charge is 0.0663 e. The van der Waals surface area contributed by atoms with Crippen LogP contribution in [0.15, 0.2) is 146 Å². The minimum Gasteiger partial charge on any atom is -0.307 e. The molecule has 0 aliphatic carbocycles. The lowest BCUT2D eigenvalue weighted by Gasteiger charge is -2.13. The standard InChI is InChI=1S/C39H24N6/c1-4-16-31-28(13-1)34-37(43(31)25-10-7-19-40-22-25)35-30-15-3-6-18-33(30)45(27-12-9-21-42-24-27)39(35)36-29-14-2-5-17-32(29)44(38(34)36)26-11-8-20-41-23-26/h1-24H. The van der Waals surface area contributed by atoms with Crippen molar-refractivity contribution in [3.63, 3.8) is 0 Å². The molecule has 0 amide bonds. The van der Waals surface area contributed by atoms with Gasteiger partial charge in [0.05, 0.1) is 68.8 Å². The number of pyridine rings is 3. The third-order valence-electron chi connectivity index (χ3n) is 9.05. The Morgan fingerprint density at radius 3 is 0.933 bits per heavy atom. The molecular weight excluding hydrogens is 552 g/mol. The predicted octanol–water partition coefficient (Wildman–Crippen LogP) is 9.16. The molecule has 10 rings (SSSR count). The zero-order chi connectivity index (χ0) is 29.5. The van der Waals surface area contributed by atoms with Crippen LogP contribution in [0.3, 0.4) is 0 Å². The Kier molecular flexibility index (Phi) is 4.90. The summed E-state index contributed by atoms with van der Waals surface area (Å²) in [6.45, 7) is 0. The highest BCUT2D eigenvalue weighted by atomic mass is 15.1. The number of hydrogen-bond acceptors (Lipinski definition) is 3. The van der Waals surface area contributed by atoms with Crippen molar-refractivity contribution in [1.82, 2.24) is 28.7 Å². The first-order valence-electron chi connectivity index (χ1n) is 15.0. The molecule has 6 heteroatoms. The van der Waals surface area contributed by atoms with E-state index < -0.39 is 0 Å². The zero-order valence-corrected chi connectivity index (χ0v) is 24.0. The minimum atomic E-state index is 1.02. The maximum Gasteiger partial charge on any atom is 0.0663 e. The highest BCUT2D eigenvalue weighted by Crippen LogP contribution is 2.49. The molecule has 0 N–H and O–H groups in total. The summed E-state index contributed by atoms with van der Waals surface area (Å²) >= 11 is 0. The summed E-state index contributed by atoms with van der Waals surface area (Å²) in [5, 5.41) is 7.17. The van der Waals surface area contributed by atoms with Crippen LogP contribution in [0.5, 0.6) is 0 Å². The highest BCUT2D eigenvalue weighted by Gasteiger charge is 2.28. The molecule has 0 aliphatic rings. The summed E-state index contributed by atoms with van der Waals surface area (Å²) in [5.41, 5.74) is 9.92. The monoisotopic (exact) mass is 576 g/mol. The normalized spacial score (nSPS) is 12.0. The quantitative estimate of drug-likeness (QED) is 0.211. The fourth-order valence-corrected chi connectivity index (χ4v) is 7.41. The van der Waals surface area contributed by atoms with Crippen LogP contribution in [-0.2, 0) is 0 Å². The van der Waals surface area contributed by atoms with E-state index in [0.717, 1.165) is 50.2 Å². The van der Waals surface area contributed by atoms with Gasteiger partial charge in [0.1, 0.15) is 0 Å². The van der Waals surface area contributed by atoms with Crippen LogP contribution in [0, 0.1) is 0 Å². The summed E-state index contributed by atoms with van der Waals surface area (Å²) in [6.07, 6.45) is 11.4. The van der Waals surface area contributed by atoms with Crippen molar-refractivity contribution in [2.75, 3.05) is 0 Å². The Hall–Kier alpha value is -6.27. The topological polar surface area (TPSA) is 53.5 Å². The minimum absolute atomic E-state index is 1.02. The number of nitrogens with zero attached hydrogens (tertiary/aromatic N) is 6. The van der Waals surface area contributed by atoms with Gasteiger partial charge in [-0.2, -0.15) is 0 Å². The van der Waals surface area contributed by atoms with E-state index >= 15 is 0 Å².